The highest BCUT2D eigenvalue weighted by Gasteiger charge is 2.34. The summed E-state index contributed by atoms with van der Waals surface area (Å²) in [5, 5.41) is 7.45. The van der Waals surface area contributed by atoms with Crippen molar-refractivity contribution in [2.75, 3.05) is 6.54 Å². The average molecular weight is 486 g/mol. The third-order valence-corrected chi connectivity index (χ3v) is 6.80. The van der Waals surface area contributed by atoms with Crippen LogP contribution in [0.2, 0.25) is 5.02 Å². The predicted octanol–water partition coefficient (Wildman–Crippen LogP) is 4.05. The van der Waals surface area contributed by atoms with Gasteiger partial charge >= 0.3 is 6.03 Å². The highest BCUT2D eigenvalue weighted by atomic mass is 35.5. The summed E-state index contributed by atoms with van der Waals surface area (Å²) in [5.74, 6) is -1.23. The van der Waals surface area contributed by atoms with E-state index in [1.807, 2.05) is 0 Å². The van der Waals surface area contributed by atoms with E-state index < -0.39 is 11.7 Å². The minimum Gasteiger partial charge on any atom is -0.365 e. The minimum absolute atomic E-state index is 0.0296. The molecule has 0 saturated heterocycles. The summed E-state index contributed by atoms with van der Waals surface area (Å²) in [5.41, 5.74) is 8.23. The van der Waals surface area contributed by atoms with Crippen molar-refractivity contribution in [1.29, 1.82) is 0 Å². The summed E-state index contributed by atoms with van der Waals surface area (Å²) in [6, 6.07) is 10.3. The number of hydrogen-bond donors (Lipinski definition) is 2. The monoisotopic (exact) mass is 485 g/mol. The first-order valence-electron chi connectivity index (χ1n) is 11.0. The van der Waals surface area contributed by atoms with Crippen LogP contribution < -0.4 is 11.1 Å². The number of fused-ring (bicyclic) bond motifs is 1. The van der Waals surface area contributed by atoms with Crippen LogP contribution in [0.1, 0.15) is 40.4 Å². The molecule has 2 heterocycles. The molecular weight excluding hydrogens is 464 g/mol. The number of nitrogens with zero attached hydrogens (tertiary/aromatic N) is 3. The van der Waals surface area contributed by atoms with Crippen molar-refractivity contribution in [3.05, 3.63) is 75.9 Å². The first-order chi connectivity index (χ1) is 16.3. The Balaban J connectivity index is 1.28. The Bertz CT molecular complexity index is 1270. The predicted molar refractivity (Wildman–Crippen MR) is 122 cm³/mol. The molecule has 0 bridgehead atoms. The molecular formula is C24H22ClF2N5O2. The first kappa shape index (κ1) is 22.3. The van der Waals surface area contributed by atoms with Gasteiger partial charge in [-0.25, -0.2) is 13.6 Å². The van der Waals surface area contributed by atoms with E-state index in [-0.39, 0.29) is 35.0 Å². The van der Waals surface area contributed by atoms with E-state index in [1.54, 1.807) is 21.7 Å². The standard InChI is InChI=1S/C24H22ClF2N5O2/c25-18-11-14(3-6-19(18)27)22-21(23(28)33)20-12-31(7-8-32(20)30-22)24(34)29-17-9-15(10-17)13-1-4-16(26)5-2-13/h1-6,11,15,17H,7-10,12H2,(H2,28,33)(H,29,34). The van der Waals surface area contributed by atoms with Crippen LogP contribution in [0, 0.1) is 11.6 Å². The number of primary amides is 1. The summed E-state index contributed by atoms with van der Waals surface area (Å²) in [7, 11) is 0. The van der Waals surface area contributed by atoms with Crippen molar-refractivity contribution in [3.8, 4) is 11.3 Å². The Labute approximate surface area is 199 Å². The summed E-state index contributed by atoms with van der Waals surface area (Å²) < 4.78 is 28.4. The van der Waals surface area contributed by atoms with Crippen LogP contribution in [0.15, 0.2) is 42.5 Å². The number of nitrogens with two attached hydrogens (primary N) is 1. The third kappa shape index (κ3) is 4.11. The maximum Gasteiger partial charge on any atom is 0.318 e. The molecule has 3 aromatic rings. The Morgan fingerprint density at radius 3 is 2.50 bits per heavy atom. The Morgan fingerprint density at radius 1 is 1.09 bits per heavy atom. The van der Waals surface area contributed by atoms with Crippen molar-refractivity contribution in [3.63, 3.8) is 0 Å². The molecule has 0 radical (unpaired) electrons. The number of carbonyl (C=O) groups is 2. The minimum atomic E-state index is -0.680. The van der Waals surface area contributed by atoms with E-state index in [0.717, 1.165) is 18.4 Å². The lowest BCUT2D eigenvalue weighted by Gasteiger charge is -2.38. The molecule has 3 amide bonds. The number of amides is 3. The van der Waals surface area contributed by atoms with Gasteiger partial charge in [-0.3, -0.25) is 9.48 Å². The van der Waals surface area contributed by atoms with Crippen molar-refractivity contribution in [2.45, 2.75) is 37.9 Å². The molecule has 1 aliphatic heterocycles. The van der Waals surface area contributed by atoms with Gasteiger partial charge in [-0.05, 0) is 54.7 Å². The van der Waals surface area contributed by atoms with Crippen molar-refractivity contribution < 1.29 is 18.4 Å². The summed E-state index contributed by atoms with van der Waals surface area (Å²) in [6.07, 6.45) is 1.57. The second-order valence-corrected chi connectivity index (χ2v) is 9.08. The van der Waals surface area contributed by atoms with E-state index in [9.17, 15) is 18.4 Å². The molecule has 176 valence electrons. The fourth-order valence-corrected chi connectivity index (χ4v) is 4.78. The summed E-state index contributed by atoms with van der Waals surface area (Å²) in [4.78, 5) is 26.8. The van der Waals surface area contributed by atoms with Gasteiger partial charge in [0.05, 0.1) is 29.4 Å². The van der Waals surface area contributed by atoms with Gasteiger partial charge in [-0.2, -0.15) is 5.10 Å². The number of carbonyl (C=O) groups excluding carboxylic acids is 2. The van der Waals surface area contributed by atoms with E-state index >= 15 is 0 Å². The van der Waals surface area contributed by atoms with Gasteiger partial charge in [0.25, 0.3) is 5.91 Å². The lowest BCUT2D eigenvalue weighted by molar-refractivity contribution is 0.0997. The number of aromatic nitrogens is 2. The van der Waals surface area contributed by atoms with Gasteiger partial charge in [-0.1, -0.05) is 23.7 Å². The molecule has 2 aromatic carbocycles. The molecule has 10 heteroatoms. The fourth-order valence-electron chi connectivity index (χ4n) is 4.60. The third-order valence-electron chi connectivity index (χ3n) is 6.51. The van der Waals surface area contributed by atoms with Crippen LogP contribution in [0.5, 0.6) is 0 Å². The van der Waals surface area contributed by atoms with Gasteiger partial charge in [-0.15, -0.1) is 0 Å². The summed E-state index contributed by atoms with van der Waals surface area (Å²) in [6.45, 7) is 0.970. The van der Waals surface area contributed by atoms with Gasteiger partial charge in [0.1, 0.15) is 17.3 Å². The highest BCUT2D eigenvalue weighted by Crippen LogP contribution is 2.37. The number of urea groups is 1. The number of rotatable bonds is 4. The maximum atomic E-state index is 13.6. The van der Waals surface area contributed by atoms with Crippen LogP contribution in [0.4, 0.5) is 13.6 Å². The molecule has 1 aliphatic carbocycles. The maximum absolute atomic E-state index is 13.6. The smallest absolute Gasteiger partial charge is 0.318 e. The van der Waals surface area contributed by atoms with Crippen molar-refractivity contribution in [1.82, 2.24) is 20.0 Å². The quantitative estimate of drug-likeness (QED) is 0.583. The molecule has 1 aromatic heterocycles. The highest BCUT2D eigenvalue weighted by molar-refractivity contribution is 6.31. The zero-order valence-electron chi connectivity index (χ0n) is 18.1. The van der Waals surface area contributed by atoms with Crippen molar-refractivity contribution in [2.24, 2.45) is 5.73 Å². The largest absolute Gasteiger partial charge is 0.365 e. The molecule has 0 atom stereocenters. The van der Waals surface area contributed by atoms with E-state index in [0.29, 0.717) is 36.0 Å². The van der Waals surface area contributed by atoms with Crippen molar-refractivity contribution >= 4 is 23.5 Å². The summed E-state index contributed by atoms with van der Waals surface area (Å²) >= 11 is 5.91. The zero-order chi connectivity index (χ0) is 24.0. The molecule has 1 fully saturated rings. The SMILES string of the molecule is NC(=O)c1c(-c2ccc(F)c(Cl)c2)nn2c1CN(C(=O)NC1CC(c3ccc(F)cc3)C1)CC2. The molecule has 0 spiro atoms. The molecule has 34 heavy (non-hydrogen) atoms. The van der Waals surface area contributed by atoms with Crippen LogP contribution >= 0.6 is 11.6 Å². The molecule has 3 N–H and O–H groups in total. The number of halogens is 3. The Hall–Kier alpha value is -3.46. The molecule has 1 saturated carbocycles. The molecule has 5 rings (SSSR count). The van der Waals surface area contributed by atoms with Crippen LogP contribution in [-0.2, 0) is 13.1 Å². The van der Waals surface area contributed by atoms with Gasteiger partial charge in [0.15, 0.2) is 0 Å². The zero-order valence-corrected chi connectivity index (χ0v) is 18.9. The molecule has 7 nitrogen and oxygen atoms in total. The van der Waals surface area contributed by atoms with Crippen LogP contribution in [0.3, 0.4) is 0 Å². The number of benzene rings is 2. The van der Waals surface area contributed by atoms with Gasteiger partial charge in [0.2, 0.25) is 0 Å². The first-order valence-corrected chi connectivity index (χ1v) is 11.3. The van der Waals surface area contributed by atoms with Gasteiger partial charge in [0, 0.05) is 18.2 Å². The normalized spacial score (nSPS) is 19.3. The van der Waals surface area contributed by atoms with E-state index in [1.165, 1.54) is 30.3 Å². The van der Waals surface area contributed by atoms with Crippen LogP contribution in [-0.4, -0.2) is 39.2 Å². The second kappa shape index (κ2) is 8.72. The topological polar surface area (TPSA) is 93.2 Å². The van der Waals surface area contributed by atoms with E-state index in [4.69, 9.17) is 17.3 Å². The lowest BCUT2D eigenvalue weighted by Crippen LogP contribution is -2.51. The van der Waals surface area contributed by atoms with Crippen LogP contribution in [0.25, 0.3) is 11.3 Å². The second-order valence-electron chi connectivity index (χ2n) is 8.67. The van der Waals surface area contributed by atoms with Gasteiger partial charge < -0.3 is 16.0 Å². The Kier molecular flexibility index (Phi) is 5.73. The fraction of sp³-hybridized carbons (Fsp3) is 0.292. The molecule has 2 aliphatic rings. The lowest BCUT2D eigenvalue weighted by atomic mass is 9.76. The average Bonchev–Trinajstić information content (AvgIpc) is 3.17. The Morgan fingerprint density at radius 2 is 1.82 bits per heavy atom. The molecule has 0 unspecified atom stereocenters. The number of nitrogens with one attached hydrogen (secondary N) is 1. The van der Waals surface area contributed by atoms with E-state index in [2.05, 4.69) is 10.4 Å². The number of hydrogen-bond acceptors (Lipinski definition) is 3.